The molecule has 2 rings (SSSR count). The average molecular weight is 268 g/mol. The van der Waals surface area contributed by atoms with Gasteiger partial charge in [0.15, 0.2) is 0 Å². The smallest absolute Gasteiger partial charge is 0.0429 e. The number of likely N-dealkylation sites (N-methyl/N-ethyl adjacent to an activating group) is 1. The van der Waals surface area contributed by atoms with Crippen LogP contribution in [-0.2, 0) is 0 Å². The van der Waals surface area contributed by atoms with Crippen molar-refractivity contribution in [3.05, 3.63) is 29.3 Å². The Balaban J connectivity index is 2.22. The summed E-state index contributed by atoms with van der Waals surface area (Å²) in [5, 5.41) is 0.797. The zero-order valence-corrected chi connectivity index (χ0v) is 11.9. The minimum atomic E-state index is 0.481. The van der Waals surface area contributed by atoms with Crippen LogP contribution in [0.5, 0.6) is 0 Å². The summed E-state index contributed by atoms with van der Waals surface area (Å²) in [4.78, 5) is 4.85. The van der Waals surface area contributed by atoms with Gasteiger partial charge in [0.1, 0.15) is 0 Å². The molecule has 0 aromatic heterocycles. The highest BCUT2D eigenvalue weighted by Gasteiger charge is 2.29. The van der Waals surface area contributed by atoms with E-state index in [-0.39, 0.29) is 0 Å². The van der Waals surface area contributed by atoms with Crippen molar-refractivity contribution in [2.24, 2.45) is 5.73 Å². The van der Waals surface area contributed by atoms with Crippen LogP contribution in [-0.4, -0.2) is 43.7 Å². The van der Waals surface area contributed by atoms with E-state index in [0.29, 0.717) is 12.1 Å². The molecule has 4 heteroatoms. The SMILES string of the molecule is CC1CN(c2cccc(Cl)c2)C(CCN)CN1C. The van der Waals surface area contributed by atoms with Crippen molar-refractivity contribution < 1.29 is 0 Å². The van der Waals surface area contributed by atoms with E-state index in [0.717, 1.165) is 31.1 Å². The normalized spacial score (nSPS) is 25.4. The fraction of sp³-hybridized carbons (Fsp3) is 0.571. The van der Waals surface area contributed by atoms with Crippen LogP contribution in [0.3, 0.4) is 0 Å². The number of halogens is 1. The van der Waals surface area contributed by atoms with Crippen LogP contribution in [0.1, 0.15) is 13.3 Å². The standard InChI is InChI=1S/C14H22ClN3/c1-11-9-18(13-5-3-4-12(15)8-13)14(6-7-16)10-17(11)2/h3-5,8,11,14H,6-7,9-10,16H2,1-2H3. The molecule has 0 saturated carbocycles. The second-order valence-corrected chi connectivity index (χ2v) is 5.59. The summed E-state index contributed by atoms with van der Waals surface area (Å²) >= 11 is 6.09. The molecule has 2 unspecified atom stereocenters. The Morgan fingerprint density at radius 1 is 1.39 bits per heavy atom. The van der Waals surface area contributed by atoms with E-state index < -0.39 is 0 Å². The van der Waals surface area contributed by atoms with Crippen LogP contribution >= 0.6 is 11.6 Å². The molecule has 1 fully saturated rings. The zero-order chi connectivity index (χ0) is 13.1. The van der Waals surface area contributed by atoms with Gasteiger partial charge in [-0.2, -0.15) is 0 Å². The summed E-state index contributed by atoms with van der Waals surface area (Å²) in [5.41, 5.74) is 6.95. The Bertz CT molecular complexity index is 396. The molecule has 1 aromatic rings. The minimum absolute atomic E-state index is 0.481. The van der Waals surface area contributed by atoms with E-state index in [1.54, 1.807) is 0 Å². The third-order valence-electron chi connectivity index (χ3n) is 3.79. The van der Waals surface area contributed by atoms with Crippen molar-refractivity contribution in [3.63, 3.8) is 0 Å². The van der Waals surface area contributed by atoms with Crippen molar-refractivity contribution in [3.8, 4) is 0 Å². The molecule has 0 spiro atoms. The van der Waals surface area contributed by atoms with Gasteiger partial charge in [0, 0.05) is 35.9 Å². The molecule has 0 amide bonds. The first-order valence-electron chi connectivity index (χ1n) is 6.54. The molecule has 0 aliphatic carbocycles. The number of piperazine rings is 1. The Morgan fingerprint density at radius 3 is 2.83 bits per heavy atom. The van der Waals surface area contributed by atoms with Crippen molar-refractivity contribution in [1.82, 2.24) is 4.90 Å². The highest BCUT2D eigenvalue weighted by molar-refractivity contribution is 6.30. The third kappa shape index (κ3) is 2.97. The van der Waals surface area contributed by atoms with Crippen molar-refractivity contribution in [2.45, 2.75) is 25.4 Å². The Morgan fingerprint density at radius 2 is 2.17 bits per heavy atom. The highest BCUT2D eigenvalue weighted by Crippen LogP contribution is 2.26. The van der Waals surface area contributed by atoms with Crippen LogP contribution in [0.4, 0.5) is 5.69 Å². The fourth-order valence-electron chi connectivity index (χ4n) is 2.59. The van der Waals surface area contributed by atoms with Gasteiger partial charge in [-0.25, -0.2) is 0 Å². The van der Waals surface area contributed by atoms with Crippen LogP contribution < -0.4 is 10.6 Å². The maximum Gasteiger partial charge on any atom is 0.0429 e. The summed E-state index contributed by atoms with van der Waals surface area (Å²) in [7, 11) is 2.18. The van der Waals surface area contributed by atoms with Gasteiger partial charge in [0.2, 0.25) is 0 Å². The van der Waals surface area contributed by atoms with Gasteiger partial charge >= 0.3 is 0 Å². The second-order valence-electron chi connectivity index (χ2n) is 5.15. The van der Waals surface area contributed by atoms with E-state index in [1.165, 1.54) is 5.69 Å². The first-order valence-corrected chi connectivity index (χ1v) is 6.92. The molecule has 1 aromatic carbocycles. The predicted octanol–water partition coefficient (Wildman–Crippen LogP) is 2.20. The Kier molecular flexibility index (Phi) is 4.49. The number of benzene rings is 1. The molecular formula is C14H22ClN3. The maximum absolute atomic E-state index is 6.09. The van der Waals surface area contributed by atoms with Gasteiger partial charge in [-0.1, -0.05) is 17.7 Å². The van der Waals surface area contributed by atoms with Crippen LogP contribution in [0, 0.1) is 0 Å². The van der Waals surface area contributed by atoms with Crippen molar-refractivity contribution >= 4 is 17.3 Å². The van der Waals surface area contributed by atoms with E-state index in [4.69, 9.17) is 17.3 Å². The molecule has 2 N–H and O–H groups in total. The van der Waals surface area contributed by atoms with Gasteiger partial charge in [0.25, 0.3) is 0 Å². The lowest BCUT2D eigenvalue weighted by molar-refractivity contribution is 0.196. The highest BCUT2D eigenvalue weighted by atomic mass is 35.5. The number of nitrogens with two attached hydrogens (primary N) is 1. The first kappa shape index (κ1) is 13.7. The molecule has 1 aliphatic rings. The lowest BCUT2D eigenvalue weighted by Gasteiger charge is -2.45. The molecule has 1 heterocycles. The minimum Gasteiger partial charge on any atom is -0.366 e. The summed E-state index contributed by atoms with van der Waals surface area (Å²) in [6.45, 7) is 5.08. The van der Waals surface area contributed by atoms with Gasteiger partial charge in [-0.15, -0.1) is 0 Å². The Labute approximate surface area is 115 Å². The molecule has 1 saturated heterocycles. The van der Waals surface area contributed by atoms with Crippen LogP contribution in [0.25, 0.3) is 0 Å². The van der Waals surface area contributed by atoms with E-state index in [1.807, 2.05) is 18.2 Å². The average Bonchev–Trinajstić information content (AvgIpc) is 2.34. The van der Waals surface area contributed by atoms with Gasteiger partial charge in [-0.3, -0.25) is 4.90 Å². The third-order valence-corrected chi connectivity index (χ3v) is 4.03. The van der Waals surface area contributed by atoms with Gasteiger partial charge < -0.3 is 10.6 Å². The molecule has 3 nitrogen and oxygen atoms in total. The summed E-state index contributed by atoms with van der Waals surface area (Å²) in [5.74, 6) is 0. The summed E-state index contributed by atoms with van der Waals surface area (Å²) < 4.78 is 0. The molecular weight excluding hydrogens is 246 g/mol. The van der Waals surface area contributed by atoms with Crippen molar-refractivity contribution in [1.29, 1.82) is 0 Å². The zero-order valence-electron chi connectivity index (χ0n) is 11.1. The van der Waals surface area contributed by atoms with E-state index >= 15 is 0 Å². The number of hydrogen-bond donors (Lipinski definition) is 1. The van der Waals surface area contributed by atoms with Crippen LogP contribution in [0.2, 0.25) is 5.02 Å². The lowest BCUT2D eigenvalue weighted by atomic mass is 10.0. The fourth-order valence-corrected chi connectivity index (χ4v) is 2.78. The largest absolute Gasteiger partial charge is 0.366 e. The maximum atomic E-state index is 6.09. The first-order chi connectivity index (χ1) is 8.61. The summed E-state index contributed by atoms with van der Waals surface area (Å²) in [6, 6.07) is 9.15. The molecule has 0 bridgehead atoms. The number of rotatable bonds is 3. The van der Waals surface area contributed by atoms with Crippen LogP contribution in [0.15, 0.2) is 24.3 Å². The van der Waals surface area contributed by atoms with Gasteiger partial charge in [0.05, 0.1) is 0 Å². The molecule has 100 valence electrons. The van der Waals surface area contributed by atoms with E-state index in [9.17, 15) is 0 Å². The summed E-state index contributed by atoms with van der Waals surface area (Å²) in [6.07, 6.45) is 1.02. The molecule has 1 aliphatic heterocycles. The number of hydrogen-bond acceptors (Lipinski definition) is 3. The molecule has 0 radical (unpaired) electrons. The van der Waals surface area contributed by atoms with Gasteiger partial charge in [-0.05, 0) is 45.1 Å². The molecule has 18 heavy (non-hydrogen) atoms. The quantitative estimate of drug-likeness (QED) is 0.911. The van der Waals surface area contributed by atoms with Crippen molar-refractivity contribution in [2.75, 3.05) is 31.6 Å². The molecule has 2 atom stereocenters. The predicted molar refractivity (Wildman–Crippen MR) is 78.3 cm³/mol. The lowest BCUT2D eigenvalue weighted by Crippen LogP contribution is -2.56. The monoisotopic (exact) mass is 267 g/mol. The topological polar surface area (TPSA) is 32.5 Å². The number of anilines is 1. The second kappa shape index (κ2) is 5.91. The Hall–Kier alpha value is -0.770. The van der Waals surface area contributed by atoms with E-state index in [2.05, 4.69) is 29.8 Å². The number of nitrogens with zero attached hydrogens (tertiary/aromatic N) is 2.